The molecule has 1 spiro atoms. The lowest BCUT2D eigenvalue weighted by molar-refractivity contribution is 0.0645. The summed E-state index contributed by atoms with van der Waals surface area (Å²) in [6, 6.07) is 23.8. The van der Waals surface area contributed by atoms with Crippen molar-refractivity contribution in [3.63, 3.8) is 0 Å². The summed E-state index contributed by atoms with van der Waals surface area (Å²) in [6.45, 7) is 9.68. The molecule has 6 rings (SSSR count). The topological polar surface area (TPSA) is 29.5 Å². The van der Waals surface area contributed by atoms with E-state index in [1.54, 1.807) is 18.9 Å². The van der Waals surface area contributed by atoms with E-state index in [2.05, 4.69) is 88.5 Å². The molecule has 1 N–H and O–H groups in total. The first-order valence-corrected chi connectivity index (χ1v) is 14.4. The van der Waals surface area contributed by atoms with Crippen LogP contribution in [0.1, 0.15) is 58.1 Å². The lowest BCUT2D eigenvalue weighted by Crippen LogP contribution is -2.43. The molecule has 37 heavy (non-hydrogen) atoms. The Morgan fingerprint density at radius 2 is 1.43 bits per heavy atom. The van der Waals surface area contributed by atoms with Crippen LogP contribution in [0.5, 0.6) is 11.5 Å². The Hall–Kier alpha value is -2.91. The summed E-state index contributed by atoms with van der Waals surface area (Å²) in [4.78, 5) is 1.22. The maximum Gasteiger partial charge on any atom is 0.123 e. The van der Waals surface area contributed by atoms with Gasteiger partial charge in [0.2, 0.25) is 0 Å². The van der Waals surface area contributed by atoms with E-state index in [9.17, 15) is 5.11 Å². The molecule has 3 heteroatoms. The van der Waals surface area contributed by atoms with Crippen LogP contribution in [-0.2, 0) is 5.41 Å². The molecule has 0 aromatic heterocycles. The monoisotopic (exact) mass is 508 g/mol. The van der Waals surface area contributed by atoms with Gasteiger partial charge in [0, 0.05) is 15.7 Å². The Morgan fingerprint density at radius 3 is 2.08 bits per heavy atom. The van der Waals surface area contributed by atoms with Crippen molar-refractivity contribution < 1.29 is 9.84 Å². The summed E-state index contributed by atoms with van der Waals surface area (Å²) in [5.74, 6) is 1.22. The molecule has 0 amide bonds. The Kier molecular flexibility index (Phi) is 5.48. The molecular formula is C34H36O2S. The lowest BCUT2D eigenvalue weighted by Gasteiger charge is -2.51. The van der Waals surface area contributed by atoms with Crippen LogP contribution in [0.2, 0.25) is 0 Å². The number of aromatic hydroxyl groups is 1. The molecule has 0 bridgehead atoms. The minimum absolute atomic E-state index is 0.0863. The molecule has 1 fully saturated rings. The number of fused-ring (bicyclic) bond motifs is 7. The van der Waals surface area contributed by atoms with Gasteiger partial charge in [-0.1, -0.05) is 64.1 Å². The fourth-order valence-electron chi connectivity index (χ4n) is 8.02. The minimum Gasteiger partial charge on any atom is -0.507 e. The van der Waals surface area contributed by atoms with Gasteiger partial charge in [-0.3, -0.25) is 0 Å². The van der Waals surface area contributed by atoms with E-state index in [1.807, 2.05) is 12.1 Å². The van der Waals surface area contributed by atoms with Crippen molar-refractivity contribution in [3.05, 3.63) is 77.9 Å². The smallest absolute Gasteiger partial charge is 0.123 e. The van der Waals surface area contributed by atoms with E-state index >= 15 is 0 Å². The Labute approximate surface area is 225 Å². The number of ether oxygens (including phenoxy) is 1. The largest absolute Gasteiger partial charge is 0.507 e. The molecule has 190 valence electrons. The Balaban J connectivity index is 1.65. The number of hydrogen-bond acceptors (Lipinski definition) is 3. The first-order chi connectivity index (χ1) is 17.6. The number of phenols is 1. The zero-order valence-corrected chi connectivity index (χ0v) is 23.6. The second-order valence-electron chi connectivity index (χ2n) is 12.6. The van der Waals surface area contributed by atoms with Crippen molar-refractivity contribution >= 4 is 22.5 Å². The van der Waals surface area contributed by atoms with Crippen LogP contribution in [0.4, 0.5) is 0 Å². The Morgan fingerprint density at radius 1 is 0.757 bits per heavy atom. The highest BCUT2D eigenvalue weighted by atomic mass is 32.2. The van der Waals surface area contributed by atoms with Crippen LogP contribution in [0.25, 0.3) is 33.0 Å². The highest BCUT2D eigenvalue weighted by Gasteiger charge is 2.53. The van der Waals surface area contributed by atoms with Gasteiger partial charge in [0.25, 0.3) is 0 Å². The predicted molar refractivity (Wildman–Crippen MR) is 157 cm³/mol. The van der Waals surface area contributed by atoms with Gasteiger partial charge in [0.15, 0.2) is 0 Å². The molecular weight excluding hydrogens is 472 g/mol. The van der Waals surface area contributed by atoms with E-state index in [0.29, 0.717) is 5.75 Å². The lowest BCUT2D eigenvalue weighted by atomic mass is 9.52. The quantitative estimate of drug-likeness (QED) is 0.279. The van der Waals surface area contributed by atoms with E-state index in [-0.39, 0.29) is 16.2 Å². The molecule has 0 atom stereocenters. The van der Waals surface area contributed by atoms with Crippen LogP contribution in [0.15, 0.2) is 71.6 Å². The van der Waals surface area contributed by atoms with E-state index in [1.165, 1.54) is 33.6 Å². The van der Waals surface area contributed by atoms with Crippen molar-refractivity contribution in [2.75, 3.05) is 13.4 Å². The first kappa shape index (κ1) is 24.4. The maximum atomic E-state index is 11.6. The normalized spacial score (nSPS) is 18.5. The third kappa shape index (κ3) is 3.77. The second kappa shape index (κ2) is 8.30. The average Bonchev–Trinajstić information content (AvgIpc) is 3.10. The van der Waals surface area contributed by atoms with Gasteiger partial charge in [0.1, 0.15) is 11.5 Å². The first-order valence-electron chi connectivity index (χ1n) is 13.2. The van der Waals surface area contributed by atoms with Crippen molar-refractivity contribution in [1.82, 2.24) is 0 Å². The Bertz CT molecular complexity index is 1510. The number of thioether (sulfide) groups is 1. The molecule has 2 aliphatic rings. The summed E-state index contributed by atoms with van der Waals surface area (Å²) in [6.07, 6.45) is 5.54. The van der Waals surface area contributed by atoms with Gasteiger partial charge >= 0.3 is 0 Å². The zero-order chi connectivity index (χ0) is 26.2. The maximum absolute atomic E-state index is 11.6. The molecule has 0 saturated heterocycles. The van der Waals surface area contributed by atoms with Crippen molar-refractivity contribution in [1.29, 1.82) is 0 Å². The van der Waals surface area contributed by atoms with Crippen LogP contribution in [-0.4, -0.2) is 18.5 Å². The van der Waals surface area contributed by atoms with Crippen LogP contribution in [0.3, 0.4) is 0 Å². The van der Waals surface area contributed by atoms with Crippen LogP contribution in [0, 0.1) is 10.8 Å². The number of benzene rings is 4. The van der Waals surface area contributed by atoms with E-state index in [0.717, 1.165) is 40.5 Å². The van der Waals surface area contributed by atoms with Crippen LogP contribution < -0.4 is 4.74 Å². The van der Waals surface area contributed by atoms with Crippen molar-refractivity contribution in [3.8, 4) is 33.8 Å². The summed E-state index contributed by atoms with van der Waals surface area (Å²) < 4.78 is 5.37. The molecule has 4 aromatic carbocycles. The van der Waals surface area contributed by atoms with Gasteiger partial charge in [-0.15, -0.1) is 11.8 Å². The highest BCUT2D eigenvalue weighted by molar-refractivity contribution is 7.98. The third-order valence-corrected chi connectivity index (χ3v) is 9.36. The highest BCUT2D eigenvalue weighted by Crippen LogP contribution is 2.64. The third-order valence-electron chi connectivity index (χ3n) is 8.58. The molecule has 4 aromatic rings. The molecule has 0 aliphatic heterocycles. The van der Waals surface area contributed by atoms with Crippen LogP contribution >= 0.6 is 11.8 Å². The fourth-order valence-corrected chi connectivity index (χ4v) is 8.66. The summed E-state index contributed by atoms with van der Waals surface area (Å²) >= 11 is 1.76. The molecule has 1 saturated carbocycles. The minimum atomic E-state index is -0.0863. The predicted octanol–water partition coefficient (Wildman–Crippen LogP) is 9.45. The summed E-state index contributed by atoms with van der Waals surface area (Å²) in [5.41, 5.74) is 7.99. The number of phenolic OH excluding ortho intramolecular Hbond substituents is 1. The number of hydrogen-bond donors (Lipinski definition) is 1. The van der Waals surface area contributed by atoms with Gasteiger partial charge in [-0.05, 0) is 105 Å². The van der Waals surface area contributed by atoms with Gasteiger partial charge in [-0.25, -0.2) is 0 Å². The number of methoxy groups -OCH3 is 1. The zero-order valence-electron chi connectivity index (χ0n) is 22.7. The molecule has 2 aliphatic carbocycles. The molecule has 2 nitrogen and oxygen atoms in total. The van der Waals surface area contributed by atoms with Crippen molar-refractivity contribution in [2.45, 2.75) is 57.3 Å². The molecule has 0 heterocycles. The standard InChI is InChI=1S/C34H36O2S/c1-32(2)18-33(3,4)20-34(19-32)27-10-8-7-9-23(27)31-26-16-30(37-6)24(15-25(26)29(35)17-28(31)34)21-11-13-22(36-5)14-12-21/h7-17,35H,18-20H2,1-6H3. The fraction of sp³-hybridized carbons (Fsp3) is 0.353. The summed E-state index contributed by atoms with van der Waals surface area (Å²) in [5, 5.41) is 13.7. The van der Waals surface area contributed by atoms with Gasteiger partial charge in [-0.2, -0.15) is 0 Å². The average molecular weight is 509 g/mol. The van der Waals surface area contributed by atoms with Crippen molar-refractivity contribution in [2.24, 2.45) is 10.8 Å². The number of rotatable bonds is 3. The summed E-state index contributed by atoms with van der Waals surface area (Å²) in [7, 11) is 1.69. The van der Waals surface area contributed by atoms with E-state index < -0.39 is 0 Å². The molecule has 0 unspecified atom stereocenters. The molecule has 0 radical (unpaired) electrons. The van der Waals surface area contributed by atoms with E-state index in [4.69, 9.17) is 4.74 Å². The second-order valence-corrected chi connectivity index (χ2v) is 13.5. The van der Waals surface area contributed by atoms with Gasteiger partial charge < -0.3 is 9.84 Å². The SMILES string of the molecule is COc1ccc(-c2cc3c(O)cc4c(c3cc2SC)-c2ccccc2C42CC(C)(C)CC(C)(C)C2)cc1. The van der Waals surface area contributed by atoms with Gasteiger partial charge in [0.05, 0.1) is 7.11 Å².